The third kappa shape index (κ3) is 5.35. The topological polar surface area (TPSA) is 44.8 Å². The SMILES string of the molecule is COc1ccc(/C=C/C(=O)c2ccccc2OC)cc1COc1ccc(Cl)cc1Cl. The summed E-state index contributed by atoms with van der Waals surface area (Å²) in [5, 5.41) is 0.969. The number of methoxy groups -OCH3 is 2. The normalized spacial score (nSPS) is 10.8. The van der Waals surface area contributed by atoms with E-state index >= 15 is 0 Å². The molecule has 0 amide bonds. The van der Waals surface area contributed by atoms with Crippen LogP contribution in [0.15, 0.2) is 66.7 Å². The van der Waals surface area contributed by atoms with Gasteiger partial charge in [0.25, 0.3) is 0 Å². The summed E-state index contributed by atoms with van der Waals surface area (Å²) in [7, 11) is 3.13. The molecule has 0 aliphatic carbocycles. The molecule has 30 heavy (non-hydrogen) atoms. The van der Waals surface area contributed by atoms with Crippen LogP contribution >= 0.6 is 23.2 Å². The van der Waals surface area contributed by atoms with E-state index in [2.05, 4.69) is 0 Å². The molecule has 0 aromatic heterocycles. The Morgan fingerprint density at radius 2 is 1.63 bits per heavy atom. The van der Waals surface area contributed by atoms with Crippen molar-refractivity contribution in [3.63, 3.8) is 0 Å². The van der Waals surface area contributed by atoms with E-state index in [1.54, 1.807) is 56.7 Å². The Morgan fingerprint density at radius 1 is 0.900 bits per heavy atom. The van der Waals surface area contributed by atoms with Gasteiger partial charge in [0, 0.05) is 10.6 Å². The summed E-state index contributed by atoms with van der Waals surface area (Å²) in [6, 6.07) is 17.7. The molecular formula is C24H20Cl2O4. The lowest BCUT2D eigenvalue weighted by Crippen LogP contribution is -2.00. The fraction of sp³-hybridized carbons (Fsp3) is 0.125. The molecular weight excluding hydrogens is 423 g/mol. The van der Waals surface area contributed by atoms with Gasteiger partial charge >= 0.3 is 0 Å². The number of ketones is 1. The fourth-order valence-electron chi connectivity index (χ4n) is 2.87. The van der Waals surface area contributed by atoms with E-state index in [0.717, 1.165) is 11.1 Å². The van der Waals surface area contributed by atoms with Gasteiger partial charge in [-0.3, -0.25) is 4.79 Å². The van der Waals surface area contributed by atoms with Crippen LogP contribution in [-0.2, 0) is 6.61 Å². The number of rotatable bonds is 8. The maximum Gasteiger partial charge on any atom is 0.189 e. The number of carbonyl (C=O) groups is 1. The average Bonchev–Trinajstić information content (AvgIpc) is 2.76. The van der Waals surface area contributed by atoms with E-state index in [4.69, 9.17) is 37.4 Å². The Bertz CT molecular complexity index is 1080. The Balaban J connectivity index is 1.78. The number of hydrogen-bond acceptors (Lipinski definition) is 4. The lowest BCUT2D eigenvalue weighted by atomic mass is 10.1. The zero-order chi connectivity index (χ0) is 21.5. The van der Waals surface area contributed by atoms with Crippen LogP contribution in [0.3, 0.4) is 0 Å². The lowest BCUT2D eigenvalue weighted by molar-refractivity contribution is 0.104. The van der Waals surface area contributed by atoms with Gasteiger partial charge in [-0.1, -0.05) is 47.5 Å². The first-order valence-electron chi connectivity index (χ1n) is 9.12. The highest BCUT2D eigenvalue weighted by Gasteiger charge is 2.10. The van der Waals surface area contributed by atoms with E-state index in [-0.39, 0.29) is 12.4 Å². The predicted molar refractivity (Wildman–Crippen MR) is 120 cm³/mol. The minimum atomic E-state index is -0.144. The van der Waals surface area contributed by atoms with Crippen LogP contribution in [0.25, 0.3) is 6.08 Å². The van der Waals surface area contributed by atoms with Crippen molar-refractivity contribution >= 4 is 35.1 Å². The first kappa shape index (κ1) is 21.8. The standard InChI is InChI=1S/C24H20Cl2O4/c1-28-22-11-8-16(7-10-21(27)19-5-3-4-6-23(19)29-2)13-17(22)15-30-24-12-9-18(25)14-20(24)26/h3-14H,15H2,1-2H3/b10-7+. The zero-order valence-corrected chi connectivity index (χ0v) is 18.0. The van der Waals surface area contributed by atoms with Gasteiger partial charge in [0.15, 0.2) is 5.78 Å². The van der Waals surface area contributed by atoms with Gasteiger partial charge < -0.3 is 14.2 Å². The quantitative estimate of drug-likeness (QED) is 0.295. The first-order chi connectivity index (χ1) is 14.5. The van der Waals surface area contributed by atoms with Gasteiger partial charge in [0.2, 0.25) is 0 Å². The molecule has 0 unspecified atom stereocenters. The molecule has 0 atom stereocenters. The third-order valence-corrected chi connectivity index (χ3v) is 4.91. The number of para-hydroxylation sites is 1. The smallest absolute Gasteiger partial charge is 0.189 e. The van der Waals surface area contributed by atoms with Gasteiger partial charge in [-0.25, -0.2) is 0 Å². The average molecular weight is 443 g/mol. The Hall–Kier alpha value is -2.95. The van der Waals surface area contributed by atoms with Crippen molar-refractivity contribution in [3.05, 3.63) is 93.5 Å². The molecule has 0 radical (unpaired) electrons. The minimum absolute atomic E-state index is 0.144. The van der Waals surface area contributed by atoms with Crippen molar-refractivity contribution in [3.8, 4) is 17.2 Å². The molecule has 3 aromatic rings. The van der Waals surface area contributed by atoms with E-state index in [1.807, 2.05) is 24.3 Å². The lowest BCUT2D eigenvalue weighted by Gasteiger charge is -2.12. The highest BCUT2D eigenvalue weighted by Crippen LogP contribution is 2.30. The molecule has 3 rings (SSSR count). The van der Waals surface area contributed by atoms with Gasteiger partial charge in [-0.05, 0) is 54.1 Å². The largest absolute Gasteiger partial charge is 0.496 e. The van der Waals surface area contributed by atoms with Crippen LogP contribution < -0.4 is 14.2 Å². The molecule has 0 aliphatic rings. The molecule has 0 saturated heterocycles. The van der Waals surface area contributed by atoms with Crippen molar-refractivity contribution in [2.45, 2.75) is 6.61 Å². The Kier molecular flexibility index (Phi) is 7.39. The molecule has 0 heterocycles. The van der Waals surface area contributed by atoms with Crippen molar-refractivity contribution in [2.24, 2.45) is 0 Å². The van der Waals surface area contributed by atoms with Crippen molar-refractivity contribution in [2.75, 3.05) is 14.2 Å². The molecule has 0 fully saturated rings. The van der Waals surface area contributed by atoms with E-state index in [9.17, 15) is 4.79 Å². The van der Waals surface area contributed by atoms with Gasteiger partial charge in [0.1, 0.15) is 23.9 Å². The predicted octanol–water partition coefficient (Wildman–Crippen LogP) is 6.49. The van der Waals surface area contributed by atoms with Crippen LogP contribution in [0, 0.1) is 0 Å². The summed E-state index contributed by atoms with van der Waals surface area (Å²) in [5.74, 6) is 1.59. The Morgan fingerprint density at radius 3 is 2.37 bits per heavy atom. The first-order valence-corrected chi connectivity index (χ1v) is 9.87. The summed E-state index contributed by atoms with van der Waals surface area (Å²) in [5.41, 5.74) is 2.15. The molecule has 4 nitrogen and oxygen atoms in total. The zero-order valence-electron chi connectivity index (χ0n) is 16.5. The van der Waals surface area contributed by atoms with E-state index in [0.29, 0.717) is 32.9 Å². The Labute approximate surface area is 185 Å². The maximum absolute atomic E-state index is 12.5. The number of hydrogen-bond donors (Lipinski definition) is 0. The maximum atomic E-state index is 12.5. The fourth-order valence-corrected chi connectivity index (χ4v) is 3.34. The molecule has 0 spiro atoms. The summed E-state index contributed by atoms with van der Waals surface area (Å²) >= 11 is 12.1. The van der Waals surface area contributed by atoms with Crippen LogP contribution in [0.5, 0.6) is 17.2 Å². The summed E-state index contributed by atoms with van der Waals surface area (Å²) in [6.07, 6.45) is 3.26. The molecule has 154 valence electrons. The second kappa shape index (κ2) is 10.2. The monoisotopic (exact) mass is 442 g/mol. The number of benzene rings is 3. The number of allylic oxidation sites excluding steroid dienone is 1. The van der Waals surface area contributed by atoms with Gasteiger partial charge in [-0.2, -0.15) is 0 Å². The van der Waals surface area contributed by atoms with E-state index in [1.165, 1.54) is 6.08 Å². The number of carbonyl (C=O) groups excluding carboxylic acids is 1. The highest BCUT2D eigenvalue weighted by molar-refractivity contribution is 6.35. The van der Waals surface area contributed by atoms with E-state index < -0.39 is 0 Å². The molecule has 3 aromatic carbocycles. The van der Waals surface area contributed by atoms with Crippen molar-refractivity contribution in [1.82, 2.24) is 0 Å². The second-order valence-corrected chi connectivity index (χ2v) is 7.18. The number of halogens is 2. The van der Waals surface area contributed by atoms with Gasteiger partial charge in [0.05, 0.1) is 24.8 Å². The van der Waals surface area contributed by atoms with Crippen molar-refractivity contribution in [1.29, 1.82) is 0 Å². The van der Waals surface area contributed by atoms with Gasteiger partial charge in [-0.15, -0.1) is 0 Å². The summed E-state index contributed by atoms with van der Waals surface area (Å²) in [6.45, 7) is 0.243. The van der Waals surface area contributed by atoms with Crippen LogP contribution in [0.2, 0.25) is 10.0 Å². The van der Waals surface area contributed by atoms with Crippen LogP contribution in [-0.4, -0.2) is 20.0 Å². The van der Waals surface area contributed by atoms with Crippen LogP contribution in [0.1, 0.15) is 21.5 Å². The molecule has 0 N–H and O–H groups in total. The third-order valence-electron chi connectivity index (χ3n) is 4.38. The highest BCUT2D eigenvalue weighted by atomic mass is 35.5. The van der Waals surface area contributed by atoms with Crippen molar-refractivity contribution < 1.29 is 19.0 Å². The molecule has 0 saturated carbocycles. The molecule has 0 bridgehead atoms. The summed E-state index contributed by atoms with van der Waals surface area (Å²) < 4.78 is 16.5. The minimum Gasteiger partial charge on any atom is -0.496 e. The molecule has 0 aliphatic heterocycles. The second-order valence-electron chi connectivity index (χ2n) is 6.33. The van der Waals surface area contributed by atoms with Crippen LogP contribution in [0.4, 0.5) is 0 Å². The summed E-state index contributed by atoms with van der Waals surface area (Å²) in [4.78, 5) is 12.5. The number of ether oxygens (including phenoxy) is 3. The molecule has 6 heteroatoms.